The van der Waals surface area contributed by atoms with Crippen molar-refractivity contribution in [1.29, 1.82) is 0 Å². The van der Waals surface area contributed by atoms with Crippen LogP contribution >= 0.6 is 0 Å². The molecule has 0 saturated carbocycles. The molecule has 1 fully saturated rings. The first-order valence-electron chi connectivity index (χ1n) is 9.98. The fraction of sp³-hybridized carbons (Fsp3) is 0.591. The van der Waals surface area contributed by atoms with E-state index in [1.165, 1.54) is 12.2 Å². The number of ether oxygens (including phenoxy) is 1. The van der Waals surface area contributed by atoms with Gasteiger partial charge < -0.3 is 25.2 Å². The first kappa shape index (κ1) is 24.3. The first-order valence-corrected chi connectivity index (χ1v) is 9.98. The number of allylic oxidation sites excluding steroid dienone is 5. The fourth-order valence-corrected chi connectivity index (χ4v) is 2.90. The van der Waals surface area contributed by atoms with E-state index in [9.17, 15) is 20.1 Å². The fourth-order valence-electron chi connectivity index (χ4n) is 2.90. The van der Waals surface area contributed by atoms with Gasteiger partial charge in [-0.3, -0.25) is 4.79 Å². The molecule has 0 aliphatic carbocycles. The van der Waals surface area contributed by atoms with Crippen LogP contribution < -0.4 is 0 Å². The van der Waals surface area contributed by atoms with Crippen molar-refractivity contribution in [3.05, 3.63) is 48.6 Å². The second-order valence-electron chi connectivity index (χ2n) is 6.92. The average molecular weight is 395 g/mol. The molecule has 0 unspecified atom stereocenters. The van der Waals surface area contributed by atoms with Gasteiger partial charge in [0.15, 0.2) is 0 Å². The lowest BCUT2D eigenvalue weighted by atomic mass is 10.0. The third kappa shape index (κ3) is 10.6. The van der Waals surface area contributed by atoms with Crippen LogP contribution in [0.5, 0.6) is 0 Å². The second-order valence-corrected chi connectivity index (χ2v) is 6.92. The molecule has 5 atom stereocenters. The number of hydrogen-bond acceptors (Lipinski definition) is 5. The maximum absolute atomic E-state index is 10.6. The number of carboxylic acid groups (broad SMARTS) is 1. The van der Waals surface area contributed by atoms with Gasteiger partial charge in [-0.1, -0.05) is 55.5 Å². The van der Waals surface area contributed by atoms with Crippen LogP contribution in [0.4, 0.5) is 0 Å². The molecular weight excluding hydrogens is 360 g/mol. The summed E-state index contributed by atoms with van der Waals surface area (Å²) in [7, 11) is 0. The van der Waals surface area contributed by atoms with Gasteiger partial charge in [-0.2, -0.15) is 0 Å². The van der Waals surface area contributed by atoms with Crippen LogP contribution in [-0.4, -0.2) is 56.9 Å². The van der Waals surface area contributed by atoms with Crippen molar-refractivity contribution in [2.24, 2.45) is 0 Å². The van der Waals surface area contributed by atoms with E-state index >= 15 is 0 Å². The summed E-state index contributed by atoms with van der Waals surface area (Å²) in [5, 5.41) is 38.7. The Kier molecular flexibility index (Phi) is 12.4. The quantitative estimate of drug-likeness (QED) is 0.358. The van der Waals surface area contributed by atoms with E-state index in [2.05, 4.69) is 31.2 Å². The standard InChI is InChI=1S/C22H34O6/c1-2-3-4-5-6-7-8-9-10-11-17(23)12-13-18(24)21-16-19(25)20(28-21)14-15-22(26)27/h3-4,6-7,9-10,12-13,17-21,23-25H,2,5,8,11,14-16H2,1H3,(H,26,27)/b4-3-,7-6-,10-9-,13-12+/t17-,18+,19+,20-,21+/m0/s1. The van der Waals surface area contributed by atoms with Crippen molar-refractivity contribution in [3.63, 3.8) is 0 Å². The van der Waals surface area contributed by atoms with Crippen LogP contribution in [0.15, 0.2) is 48.6 Å². The number of carbonyl (C=O) groups is 1. The Balaban J connectivity index is 2.28. The van der Waals surface area contributed by atoms with E-state index in [1.54, 1.807) is 0 Å². The minimum absolute atomic E-state index is 0.0872. The zero-order chi connectivity index (χ0) is 20.8. The highest BCUT2D eigenvalue weighted by Crippen LogP contribution is 2.26. The minimum atomic E-state index is -0.956. The number of carboxylic acids is 1. The molecule has 4 N–H and O–H groups in total. The topological polar surface area (TPSA) is 107 Å². The van der Waals surface area contributed by atoms with Gasteiger partial charge in [0, 0.05) is 12.8 Å². The largest absolute Gasteiger partial charge is 0.481 e. The van der Waals surface area contributed by atoms with Gasteiger partial charge >= 0.3 is 5.97 Å². The van der Waals surface area contributed by atoms with Crippen LogP contribution in [0.3, 0.4) is 0 Å². The molecule has 0 aromatic heterocycles. The Morgan fingerprint density at radius 2 is 1.71 bits per heavy atom. The number of rotatable bonds is 13. The lowest BCUT2D eigenvalue weighted by Crippen LogP contribution is -2.25. The van der Waals surface area contributed by atoms with Gasteiger partial charge in [-0.15, -0.1) is 0 Å². The lowest BCUT2D eigenvalue weighted by molar-refractivity contribution is -0.138. The summed E-state index contributed by atoms with van der Waals surface area (Å²) in [6.45, 7) is 2.10. The Labute approximate surface area is 167 Å². The number of aliphatic hydroxyl groups excluding tert-OH is 3. The van der Waals surface area contributed by atoms with Crippen LogP contribution in [0, 0.1) is 0 Å². The molecule has 1 saturated heterocycles. The average Bonchev–Trinajstić information content (AvgIpc) is 3.04. The molecular formula is C22H34O6. The van der Waals surface area contributed by atoms with Crippen LogP contribution in [-0.2, 0) is 9.53 Å². The van der Waals surface area contributed by atoms with Crippen molar-refractivity contribution in [3.8, 4) is 0 Å². The van der Waals surface area contributed by atoms with Gasteiger partial charge in [0.25, 0.3) is 0 Å². The minimum Gasteiger partial charge on any atom is -0.481 e. The highest BCUT2D eigenvalue weighted by atomic mass is 16.5. The maximum atomic E-state index is 10.6. The van der Waals surface area contributed by atoms with E-state index in [4.69, 9.17) is 9.84 Å². The summed E-state index contributed by atoms with van der Waals surface area (Å²) < 4.78 is 5.56. The maximum Gasteiger partial charge on any atom is 0.303 e. The third-order valence-electron chi connectivity index (χ3n) is 4.46. The van der Waals surface area contributed by atoms with Crippen molar-refractivity contribution in [1.82, 2.24) is 0 Å². The second kappa shape index (κ2) is 14.3. The molecule has 0 spiro atoms. The molecule has 6 nitrogen and oxygen atoms in total. The Hall–Kier alpha value is -1.73. The van der Waals surface area contributed by atoms with Crippen molar-refractivity contribution in [2.75, 3.05) is 0 Å². The predicted molar refractivity (Wildman–Crippen MR) is 109 cm³/mol. The smallest absolute Gasteiger partial charge is 0.303 e. The normalized spacial score (nSPS) is 25.5. The Morgan fingerprint density at radius 3 is 2.36 bits per heavy atom. The van der Waals surface area contributed by atoms with Gasteiger partial charge in [0.1, 0.15) is 0 Å². The molecule has 1 rings (SSSR count). The lowest BCUT2D eigenvalue weighted by Gasteiger charge is -2.16. The molecule has 28 heavy (non-hydrogen) atoms. The predicted octanol–water partition coefficient (Wildman–Crippen LogP) is 2.90. The van der Waals surface area contributed by atoms with Crippen molar-refractivity contribution < 1.29 is 30.0 Å². The van der Waals surface area contributed by atoms with E-state index < -0.39 is 36.5 Å². The molecule has 0 bridgehead atoms. The zero-order valence-corrected chi connectivity index (χ0v) is 16.6. The monoisotopic (exact) mass is 394 g/mol. The SMILES string of the molecule is CC/C=C\C/C=C\C/C=C\C[C@H](O)/C=C/[C@@H](O)[C@H]1C[C@@H](O)[C@H](CCC(=O)O)O1. The van der Waals surface area contributed by atoms with Crippen LogP contribution in [0.25, 0.3) is 0 Å². The van der Waals surface area contributed by atoms with E-state index in [-0.39, 0.29) is 19.3 Å². The molecule has 158 valence electrons. The van der Waals surface area contributed by atoms with Gasteiger partial charge in [-0.25, -0.2) is 0 Å². The zero-order valence-electron chi connectivity index (χ0n) is 16.6. The molecule has 0 radical (unpaired) electrons. The summed E-state index contributed by atoms with van der Waals surface area (Å²) in [6, 6.07) is 0. The highest BCUT2D eigenvalue weighted by molar-refractivity contribution is 5.66. The van der Waals surface area contributed by atoms with E-state index in [1.807, 2.05) is 12.2 Å². The Morgan fingerprint density at radius 1 is 1.07 bits per heavy atom. The van der Waals surface area contributed by atoms with E-state index in [0.717, 1.165) is 19.3 Å². The Bertz CT molecular complexity index is 551. The molecule has 1 heterocycles. The molecule has 0 aromatic carbocycles. The molecule has 0 aromatic rings. The van der Waals surface area contributed by atoms with E-state index in [0.29, 0.717) is 6.42 Å². The van der Waals surface area contributed by atoms with Crippen LogP contribution in [0.2, 0.25) is 0 Å². The van der Waals surface area contributed by atoms with Gasteiger partial charge in [-0.05, 0) is 32.1 Å². The molecule has 6 heteroatoms. The summed E-state index contributed by atoms with van der Waals surface area (Å²) >= 11 is 0. The third-order valence-corrected chi connectivity index (χ3v) is 4.46. The van der Waals surface area contributed by atoms with Crippen molar-refractivity contribution >= 4 is 5.97 Å². The van der Waals surface area contributed by atoms with Gasteiger partial charge in [0.2, 0.25) is 0 Å². The molecule has 0 amide bonds. The number of aliphatic hydroxyl groups is 3. The summed E-state index contributed by atoms with van der Waals surface area (Å²) in [5.41, 5.74) is 0. The molecule has 1 aliphatic rings. The number of aliphatic carboxylic acids is 1. The molecule has 1 aliphatic heterocycles. The van der Waals surface area contributed by atoms with Gasteiger partial charge in [0.05, 0.1) is 30.5 Å². The van der Waals surface area contributed by atoms with Crippen molar-refractivity contribution in [2.45, 2.75) is 82.4 Å². The van der Waals surface area contributed by atoms with Crippen LogP contribution in [0.1, 0.15) is 51.9 Å². The summed E-state index contributed by atoms with van der Waals surface area (Å²) in [4.78, 5) is 10.6. The first-order chi connectivity index (χ1) is 13.4. The highest BCUT2D eigenvalue weighted by Gasteiger charge is 2.36. The summed E-state index contributed by atoms with van der Waals surface area (Å²) in [5.74, 6) is -0.945. The number of hydrogen-bond donors (Lipinski definition) is 4. The summed E-state index contributed by atoms with van der Waals surface area (Å²) in [6.07, 6.45) is 15.3.